The first-order valence-electron chi connectivity index (χ1n) is 12.4. The lowest BCUT2D eigenvalue weighted by Gasteiger charge is -2.21. The molecule has 0 bridgehead atoms. The molecule has 2 heterocycles. The molecule has 1 aliphatic heterocycles. The zero-order valence-corrected chi connectivity index (χ0v) is 19.8. The van der Waals surface area contributed by atoms with Crippen molar-refractivity contribution >= 4 is 5.91 Å². The van der Waals surface area contributed by atoms with Crippen molar-refractivity contribution in [3.63, 3.8) is 0 Å². The van der Waals surface area contributed by atoms with Crippen molar-refractivity contribution in [3.8, 4) is 22.9 Å². The summed E-state index contributed by atoms with van der Waals surface area (Å²) in [6.45, 7) is 1.99. The third-order valence-corrected chi connectivity index (χ3v) is 6.95. The van der Waals surface area contributed by atoms with E-state index < -0.39 is 0 Å². The van der Waals surface area contributed by atoms with Gasteiger partial charge in [-0.1, -0.05) is 0 Å². The van der Waals surface area contributed by atoms with Crippen LogP contribution in [0.3, 0.4) is 0 Å². The smallest absolute Gasteiger partial charge is 0.337 e. The van der Waals surface area contributed by atoms with Crippen LogP contribution in [0.4, 0.5) is 0 Å². The molecule has 1 aliphatic carbocycles. The van der Waals surface area contributed by atoms with Crippen molar-refractivity contribution in [1.82, 2.24) is 14.0 Å². The number of primary amides is 1. The van der Waals surface area contributed by atoms with Gasteiger partial charge in [0.2, 0.25) is 5.91 Å². The Bertz CT molecular complexity index is 1190. The van der Waals surface area contributed by atoms with E-state index in [-0.39, 0.29) is 17.6 Å². The number of imidazole rings is 1. The molecule has 184 valence electrons. The summed E-state index contributed by atoms with van der Waals surface area (Å²) in [6.07, 6.45) is 10.3. The van der Waals surface area contributed by atoms with Gasteiger partial charge in [-0.3, -0.25) is 18.8 Å². The van der Waals surface area contributed by atoms with Gasteiger partial charge in [0.05, 0.1) is 23.5 Å². The zero-order valence-electron chi connectivity index (χ0n) is 19.8. The Labute approximate surface area is 204 Å². The van der Waals surface area contributed by atoms with Gasteiger partial charge in [-0.25, -0.2) is 4.79 Å². The number of carbonyl (C=O) groups excluding carboxylic acids is 1. The summed E-state index contributed by atoms with van der Waals surface area (Å²) in [7, 11) is 0. The molecule has 1 saturated carbocycles. The maximum atomic E-state index is 13.0. The monoisotopic (exact) mass is 476 g/mol. The largest absolute Gasteiger partial charge is 0.492 e. The van der Waals surface area contributed by atoms with Gasteiger partial charge < -0.3 is 15.2 Å². The SMILES string of the molecule is NC(=O)[C@@H]1CCCN1CCOc1ccc(-n2ccn(-c3ccc(OC4CCCC4)cc3)c2=O)cc1. The van der Waals surface area contributed by atoms with Gasteiger partial charge >= 0.3 is 5.69 Å². The van der Waals surface area contributed by atoms with E-state index in [9.17, 15) is 9.59 Å². The van der Waals surface area contributed by atoms with Gasteiger partial charge in [0.25, 0.3) is 0 Å². The Morgan fingerprint density at radius 1 is 0.857 bits per heavy atom. The molecule has 5 rings (SSSR count). The number of ether oxygens (including phenoxy) is 2. The van der Waals surface area contributed by atoms with Crippen molar-refractivity contribution in [3.05, 3.63) is 71.4 Å². The number of likely N-dealkylation sites (tertiary alicyclic amines) is 1. The van der Waals surface area contributed by atoms with Gasteiger partial charge in [0.1, 0.15) is 18.1 Å². The second-order valence-corrected chi connectivity index (χ2v) is 9.28. The van der Waals surface area contributed by atoms with Gasteiger partial charge in [-0.2, -0.15) is 0 Å². The summed E-state index contributed by atoms with van der Waals surface area (Å²) in [5, 5.41) is 0. The predicted molar refractivity (Wildman–Crippen MR) is 134 cm³/mol. The minimum Gasteiger partial charge on any atom is -0.492 e. The lowest BCUT2D eigenvalue weighted by atomic mass is 10.2. The number of carbonyl (C=O) groups is 1. The Kier molecular flexibility index (Phi) is 6.90. The molecule has 0 radical (unpaired) electrons. The quantitative estimate of drug-likeness (QED) is 0.512. The lowest BCUT2D eigenvalue weighted by Crippen LogP contribution is -2.42. The van der Waals surface area contributed by atoms with Gasteiger partial charge in [0.15, 0.2) is 0 Å². The summed E-state index contributed by atoms with van der Waals surface area (Å²) >= 11 is 0. The van der Waals surface area contributed by atoms with Crippen LogP contribution in [0.2, 0.25) is 0 Å². The van der Waals surface area contributed by atoms with Crippen molar-refractivity contribution < 1.29 is 14.3 Å². The summed E-state index contributed by atoms with van der Waals surface area (Å²) in [5.74, 6) is 1.30. The molecular weight excluding hydrogens is 444 g/mol. The predicted octanol–water partition coefficient (Wildman–Crippen LogP) is 3.28. The van der Waals surface area contributed by atoms with Crippen LogP contribution in [0.5, 0.6) is 11.5 Å². The molecule has 8 heteroatoms. The maximum absolute atomic E-state index is 13.0. The van der Waals surface area contributed by atoms with E-state index in [0.29, 0.717) is 25.0 Å². The van der Waals surface area contributed by atoms with Crippen LogP contribution in [-0.4, -0.2) is 51.8 Å². The fourth-order valence-electron chi connectivity index (χ4n) is 5.05. The number of nitrogens with two attached hydrogens (primary N) is 1. The molecule has 1 amide bonds. The topological polar surface area (TPSA) is 91.7 Å². The van der Waals surface area contributed by atoms with Gasteiger partial charge in [-0.05, 0) is 93.6 Å². The normalized spacial score (nSPS) is 18.7. The van der Waals surface area contributed by atoms with E-state index >= 15 is 0 Å². The molecule has 2 aliphatic rings. The molecule has 35 heavy (non-hydrogen) atoms. The fraction of sp³-hybridized carbons (Fsp3) is 0.407. The first kappa shape index (κ1) is 23.2. The minimum absolute atomic E-state index is 0.144. The van der Waals surface area contributed by atoms with E-state index in [0.717, 1.165) is 49.4 Å². The van der Waals surface area contributed by atoms with Crippen LogP contribution in [-0.2, 0) is 4.79 Å². The van der Waals surface area contributed by atoms with Crippen molar-refractivity contribution in [2.24, 2.45) is 5.73 Å². The molecule has 2 N–H and O–H groups in total. The molecule has 1 saturated heterocycles. The van der Waals surface area contributed by atoms with E-state index in [4.69, 9.17) is 15.2 Å². The lowest BCUT2D eigenvalue weighted by molar-refractivity contribution is -0.122. The van der Waals surface area contributed by atoms with Gasteiger partial charge in [-0.15, -0.1) is 0 Å². The number of hydrogen-bond donors (Lipinski definition) is 1. The van der Waals surface area contributed by atoms with E-state index in [1.165, 1.54) is 12.8 Å². The maximum Gasteiger partial charge on any atom is 0.337 e. The van der Waals surface area contributed by atoms with E-state index in [1.54, 1.807) is 21.5 Å². The van der Waals surface area contributed by atoms with Crippen molar-refractivity contribution in [2.45, 2.75) is 50.7 Å². The summed E-state index contributed by atoms with van der Waals surface area (Å²) in [5.41, 5.74) is 6.88. The summed E-state index contributed by atoms with van der Waals surface area (Å²) in [6, 6.07) is 14.9. The third-order valence-electron chi connectivity index (χ3n) is 6.95. The molecule has 0 spiro atoms. The molecule has 3 aromatic rings. The fourth-order valence-corrected chi connectivity index (χ4v) is 5.05. The van der Waals surface area contributed by atoms with Gasteiger partial charge in [0, 0.05) is 18.9 Å². The van der Waals surface area contributed by atoms with Crippen LogP contribution < -0.4 is 20.9 Å². The standard InChI is InChI=1S/C27H32N4O4/c28-26(32)25-6-3-15-29(25)18-19-34-22-11-7-20(8-12-22)30-16-17-31(27(30)33)21-9-13-24(14-10-21)35-23-4-1-2-5-23/h7-14,16-17,23,25H,1-6,15,18-19H2,(H2,28,32)/t25-/m0/s1. The highest BCUT2D eigenvalue weighted by Crippen LogP contribution is 2.25. The second-order valence-electron chi connectivity index (χ2n) is 9.28. The summed E-state index contributed by atoms with van der Waals surface area (Å²) < 4.78 is 15.1. The van der Waals surface area contributed by atoms with Crippen LogP contribution in [0.1, 0.15) is 38.5 Å². The Morgan fingerprint density at radius 2 is 1.46 bits per heavy atom. The molecule has 0 unspecified atom stereocenters. The summed E-state index contributed by atoms with van der Waals surface area (Å²) in [4.78, 5) is 26.6. The molecular formula is C27H32N4O4. The number of aromatic nitrogens is 2. The van der Waals surface area contributed by atoms with Crippen LogP contribution >= 0.6 is 0 Å². The van der Waals surface area contributed by atoms with Crippen molar-refractivity contribution in [1.29, 1.82) is 0 Å². The van der Waals surface area contributed by atoms with Crippen molar-refractivity contribution in [2.75, 3.05) is 19.7 Å². The van der Waals surface area contributed by atoms with Crippen LogP contribution in [0.25, 0.3) is 11.4 Å². The van der Waals surface area contributed by atoms with E-state index in [2.05, 4.69) is 4.90 Å². The molecule has 8 nitrogen and oxygen atoms in total. The highest BCUT2D eigenvalue weighted by atomic mass is 16.5. The van der Waals surface area contributed by atoms with Crippen LogP contribution in [0, 0.1) is 0 Å². The third kappa shape index (κ3) is 5.27. The first-order valence-corrected chi connectivity index (χ1v) is 12.4. The molecule has 1 atom stereocenters. The Morgan fingerprint density at radius 3 is 2.06 bits per heavy atom. The highest BCUT2D eigenvalue weighted by molar-refractivity contribution is 5.80. The Balaban J connectivity index is 1.20. The molecule has 2 aromatic carbocycles. The second kappa shape index (κ2) is 10.4. The molecule has 1 aromatic heterocycles. The molecule has 2 fully saturated rings. The highest BCUT2D eigenvalue weighted by Gasteiger charge is 2.28. The number of nitrogens with zero attached hydrogens (tertiary/aromatic N) is 3. The number of benzene rings is 2. The number of hydrogen-bond acceptors (Lipinski definition) is 5. The minimum atomic E-state index is -0.266. The van der Waals surface area contributed by atoms with Crippen LogP contribution in [0.15, 0.2) is 65.7 Å². The zero-order chi connectivity index (χ0) is 24.2. The van der Waals surface area contributed by atoms with E-state index in [1.807, 2.05) is 48.5 Å². The first-order chi connectivity index (χ1) is 17.1. The average Bonchev–Trinajstić information content (AvgIpc) is 3.62. The average molecular weight is 477 g/mol. The number of rotatable bonds is 9. The Hall–Kier alpha value is -3.52. The number of amides is 1.